The second-order valence-electron chi connectivity index (χ2n) is 2.67. The summed E-state index contributed by atoms with van der Waals surface area (Å²) in [6.45, 7) is 0. The number of alkyl halides is 3. The minimum atomic E-state index is -4.66. The van der Waals surface area contributed by atoms with Crippen molar-refractivity contribution in [2.24, 2.45) is 0 Å². The molecule has 0 saturated carbocycles. The topological polar surface area (TPSA) is 37.9 Å². The number of nitrogens with one attached hydrogen (secondary N) is 1. The van der Waals surface area contributed by atoms with Gasteiger partial charge in [-0.25, -0.2) is 0 Å². The molecule has 1 aromatic carbocycles. The SMILES string of the molecule is FC(F)(F)Oc1ccc2[nH]ncc2c1. The zero-order valence-corrected chi connectivity index (χ0v) is 6.80. The molecule has 0 amide bonds. The molecule has 2 aromatic rings. The molecule has 6 heteroatoms. The van der Waals surface area contributed by atoms with Gasteiger partial charge in [0.05, 0.1) is 11.7 Å². The number of hydrogen-bond donors (Lipinski definition) is 1. The molecule has 0 unspecified atom stereocenters. The first-order chi connectivity index (χ1) is 6.54. The Labute approximate surface area is 76.5 Å². The number of nitrogens with zero attached hydrogens (tertiary/aromatic N) is 1. The van der Waals surface area contributed by atoms with Crippen LogP contribution in [0.3, 0.4) is 0 Å². The van der Waals surface area contributed by atoms with Crippen LogP contribution in [-0.4, -0.2) is 16.6 Å². The third kappa shape index (κ3) is 1.78. The molecule has 0 saturated heterocycles. The summed E-state index contributed by atoms with van der Waals surface area (Å²) >= 11 is 0. The molecule has 0 fully saturated rings. The van der Waals surface area contributed by atoms with Crippen LogP contribution in [0.15, 0.2) is 24.4 Å². The second-order valence-corrected chi connectivity index (χ2v) is 2.67. The van der Waals surface area contributed by atoms with Gasteiger partial charge in [0.25, 0.3) is 0 Å². The Kier molecular flexibility index (Phi) is 1.83. The number of benzene rings is 1. The van der Waals surface area contributed by atoms with Crippen LogP contribution in [0.1, 0.15) is 0 Å². The third-order valence-corrected chi connectivity index (χ3v) is 1.65. The zero-order valence-electron chi connectivity index (χ0n) is 6.80. The molecule has 14 heavy (non-hydrogen) atoms. The van der Waals surface area contributed by atoms with Crippen molar-refractivity contribution in [2.75, 3.05) is 0 Å². The summed E-state index contributed by atoms with van der Waals surface area (Å²) in [5.41, 5.74) is 0.666. The van der Waals surface area contributed by atoms with Crippen LogP contribution >= 0.6 is 0 Å². The fourth-order valence-electron chi connectivity index (χ4n) is 1.12. The molecule has 1 aromatic heterocycles. The summed E-state index contributed by atoms with van der Waals surface area (Å²) in [5.74, 6) is -0.244. The van der Waals surface area contributed by atoms with Gasteiger partial charge >= 0.3 is 6.36 Å². The molecule has 0 aliphatic heterocycles. The van der Waals surface area contributed by atoms with E-state index in [1.54, 1.807) is 0 Å². The van der Waals surface area contributed by atoms with Gasteiger partial charge in [-0.2, -0.15) is 5.10 Å². The molecule has 0 aliphatic carbocycles. The van der Waals surface area contributed by atoms with Gasteiger partial charge in [-0.05, 0) is 18.2 Å². The Balaban J connectivity index is 2.35. The Bertz CT molecular complexity index is 449. The van der Waals surface area contributed by atoms with Crippen molar-refractivity contribution in [2.45, 2.75) is 6.36 Å². The van der Waals surface area contributed by atoms with Crippen LogP contribution in [0.5, 0.6) is 5.75 Å². The number of hydrogen-bond acceptors (Lipinski definition) is 2. The van der Waals surface area contributed by atoms with Crippen molar-refractivity contribution in [3.8, 4) is 5.75 Å². The molecule has 0 spiro atoms. The maximum atomic E-state index is 11.8. The summed E-state index contributed by atoms with van der Waals surface area (Å²) in [4.78, 5) is 0. The van der Waals surface area contributed by atoms with E-state index in [1.165, 1.54) is 24.4 Å². The summed E-state index contributed by atoms with van der Waals surface area (Å²) in [6.07, 6.45) is -3.23. The van der Waals surface area contributed by atoms with E-state index in [4.69, 9.17) is 0 Å². The lowest BCUT2D eigenvalue weighted by molar-refractivity contribution is -0.274. The number of rotatable bonds is 1. The lowest BCUT2D eigenvalue weighted by Crippen LogP contribution is -2.16. The van der Waals surface area contributed by atoms with E-state index in [0.29, 0.717) is 10.9 Å². The number of aromatic nitrogens is 2. The maximum Gasteiger partial charge on any atom is 0.573 e. The Morgan fingerprint density at radius 3 is 2.79 bits per heavy atom. The van der Waals surface area contributed by atoms with Crippen molar-refractivity contribution in [1.82, 2.24) is 10.2 Å². The van der Waals surface area contributed by atoms with Gasteiger partial charge in [0, 0.05) is 5.39 Å². The van der Waals surface area contributed by atoms with Crippen LogP contribution in [0.25, 0.3) is 10.9 Å². The van der Waals surface area contributed by atoms with Gasteiger partial charge in [-0.15, -0.1) is 13.2 Å². The zero-order chi connectivity index (χ0) is 10.2. The monoisotopic (exact) mass is 202 g/mol. The summed E-state index contributed by atoms with van der Waals surface area (Å²) in [5, 5.41) is 6.88. The molecule has 0 bridgehead atoms. The minimum absolute atomic E-state index is 0.244. The predicted molar refractivity (Wildman–Crippen MR) is 42.8 cm³/mol. The first-order valence-electron chi connectivity index (χ1n) is 3.73. The van der Waals surface area contributed by atoms with E-state index in [2.05, 4.69) is 14.9 Å². The Morgan fingerprint density at radius 1 is 1.29 bits per heavy atom. The third-order valence-electron chi connectivity index (χ3n) is 1.65. The molecule has 74 valence electrons. The quantitative estimate of drug-likeness (QED) is 0.771. The first-order valence-corrected chi connectivity index (χ1v) is 3.73. The van der Waals surface area contributed by atoms with Crippen molar-refractivity contribution < 1.29 is 17.9 Å². The predicted octanol–water partition coefficient (Wildman–Crippen LogP) is 2.46. The molecule has 3 nitrogen and oxygen atoms in total. The average Bonchev–Trinajstić information content (AvgIpc) is 2.47. The summed E-state index contributed by atoms with van der Waals surface area (Å²) in [6, 6.07) is 3.98. The fourth-order valence-corrected chi connectivity index (χ4v) is 1.12. The van der Waals surface area contributed by atoms with E-state index >= 15 is 0 Å². The van der Waals surface area contributed by atoms with Gasteiger partial charge in [-0.3, -0.25) is 5.10 Å². The van der Waals surface area contributed by atoms with Crippen molar-refractivity contribution in [3.63, 3.8) is 0 Å². The van der Waals surface area contributed by atoms with Crippen LogP contribution in [0.4, 0.5) is 13.2 Å². The fraction of sp³-hybridized carbons (Fsp3) is 0.125. The van der Waals surface area contributed by atoms with Gasteiger partial charge in [0.1, 0.15) is 5.75 Å². The first kappa shape index (κ1) is 8.86. The maximum absolute atomic E-state index is 11.8. The highest BCUT2D eigenvalue weighted by atomic mass is 19.4. The summed E-state index contributed by atoms with van der Waals surface area (Å²) < 4.78 is 39.2. The molecule has 1 N–H and O–H groups in total. The van der Waals surface area contributed by atoms with Crippen LogP contribution in [-0.2, 0) is 0 Å². The van der Waals surface area contributed by atoms with E-state index in [0.717, 1.165) is 0 Å². The van der Waals surface area contributed by atoms with Crippen LogP contribution in [0, 0.1) is 0 Å². The van der Waals surface area contributed by atoms with E-state index < -0.39 is 6.36 Å². The molecule has 0 aliphatic rings. The van der Waals surface area contributed by atoms with Crippen LogP contribution in [0.2, 0.25) is 0 Å². The molecule has 0 radical (unpaired) electrons. The van der Waals surface area contributed by atoms with Crippen molar-refractivity contribution in [1.29, 1.82) is 0 Å². The van der Waals surface area contributed by atoms with Gasteiger partial charge < -0.3 is 4.74 Å². The summed E-state index contributed by atoms with van der Waals surface area (Å²) in [7, 11) is 0. The van der Waals surface area contributed by atoms with Crippen molar-refractivity contribution in [3.05, 3.63) is 24.4 Å². The number of H-pyrrole nitrogens is 1. The lowest BCUT2D eigenvalue weighted by Gasteiger charge is -2.07. The second kappa shape index (κ2) is 2.90. The molecular weight excluding hydrogens is 197 g/mol. The van der Waals surface area contributed by atoms with E-state index in [1.807, 2.05) is 0 Å². The normalized spacial score (nSPS) is 11.9. The van der Waals surface area contributed by atoms with E-state index in [-0.39, 0.29) is 5.75 Å². The smallest absolute Gasteiger partial charge is 0.406 e. The highest BCUT2D eigenvalue weighted by Crippen LogP contribution is 2.25. The molecular formula is C8H5F3N2O. The Hall–Kier alpha value is -1.72. The van der Waals surface area contributed by atoms with Crippen LogP contribution < -0.4 is 4.74 Å². The number of aromatic amines is 1. The lowest BCUT2D eigenvalue weighted by atomic mass is 10.2. The molecule has 0 atom stereocenters. The van der Waals surface area contributed by atoms with Gasteiger partial charge in [-0.1, -0.05) is 0 Å². The standard InChI is InChI=1S/C8H5F3N2O/c9-8(10,11)14-6-1-2-7-5(3-6)4-12-13-7/h1-4H,(H,12,13). The largest absolute Gasteiger partial charge is 0.573 e. The number of ether oxygens (including phenoxy) is 1. The highest BCUT2D eigenvalue weighted by molar-refractivity contribution is 5.79. The number of fused-ring (bicyclic) bond motifs is 1. The van der Waals surface area contributed by atoms with E-state index in [9.17, 15) is 13.2 Å². The molecule has 2 rings (SSSR count). The highest BCUT2D eigenvalue weighted by Gasteiger charge is 2.31. The number of halogens is 3. The molecule has 1 heterocycles. The van der Waals surface area contributed by atoms with Gasteiger partial charge in [0.2, 0.25) is 0 Å². The van der Waals surface area contributed by atoms with Crippen molar-refractivity contribution >= 4 is 10.9 Å². The van der Waals surface area contributed by atoms with Gasteiger partial charge in [0.15, 0.2) is 0 Å². The Morgan fingerprint density at radius 2 is 2.07 bits per heavy atom. The average molecular weight is 202 g/mol. The minimum Gasteiger partial charge on any atom is -0.406 e.